The van der Waals surface area contributed by atoms with E-state index in [0.717, 1.165) is 22.9 Å². The van der Waals surface area contributed by atoms with E-state index in [2.05, 4.69) is 58.6 Å². The summed E-state index contributed by atoms with van der Waals surface area (Å²) in [5, 5.41) is 11.0. The van der Waals surface area contributed by atoms with Crippen LogP contribution in [-0.4, -0.2) is 21.2 Å². The van der Waals surface area contributed by atoms with Gasteiger partial charge in [0.2, 0.25) is 0 Å². The van der Waals surface area contributed by atoms with E-state index in [1.165, 1.54) is 12.0 Å². The summed E-state index contributed by atoms with van der Waals surface area (Å²) in [6.07, 6.45) is 3.81. The summed E-state index contributed by atoms with van der Waals surface area (Å²) in [6.45, 7) is 4.41. The second kappa shape index (κ2) is 6.44. The zero-order chi connectivity index (χ0) is 12.8. The average molecular weight is 262 g/mol. The number of hydrogen-bond acceptors (Lipinski definition) is 4. The lowest BCUT2D eigenvalue weighted by molar-refractivity contribution is 0.672. The number of rotatable bonds is 6. The van der Waals surface area contributed by atoms with E-state index in [4.69, 9.17) is 0 Å². The molecular weight excluding hydrogens is 244 g/mol. The van der Waals surface area contributed by atoms with Crippen LogP contribution in [0, 0.1) is 0 Å². The lowest BCUT2D eigenvalue weighted by Crippen LogP contribution is -2.16. The van der Waals surface area contributed by atoms with E-state index >= 15 is 0 Å². The number of H-pyrrole nitrogens is 1. The minimum atomic E-state index is 0.553. The highest BCUT2D eigenvalue weighted by molar-refractivity contribution is 7.99. The third-order valence-electron chi connectivity index (χ3n) is 2.82. The van der Waals surface area contributed by atoms with Gasteiger partial charge >= 0.3 is 0 Å². The summed E-state index contributed by atoms with van der Waals surface area (Å²) in [5.74, 6) is 0. The fraction of sp³-hybridized carbons (Fsp3) is 0.385. The van der Waals surface area contributed by atoms with Crippen LogP contribution in [0.15, 0.2) is 40.6 Å². The van der Waals surface area contributed by atoms with Crippen LogP contribution in [0.4, 0.5) is 5.69 Å². The van der Waals surface area contributed by atoms with E-state index < -0.39 is 0 Å². The van der Waals surface area contributed by atoms with Gasteiger partial charge in [-0.25, -0.2) is 4.98 Å². The fourth-order valence-corrected chi connectivity index (χ4v) is 2.40. The van der Waals surface area contributed by atoms with Gasteiger partial charge in [-0.2, -0.15) is 5.10 Å². The molecule has 1 heterocycles. The third kappa shape index (κ3) is 3.50. The zero-order valence-corrected chi connectivity index (χ0v) is 11.5. The molecule has 0 saturated heterocycles. The van der Waals surface area contributed by atoms with Crippen LogP contribution in [0.3, 0.4) is 0 Å². The summed E-state index contributed by atoms with van der Waals surface area (Å²) < 4.78 is 0. The van der Waals surface area contributed by atoms with Crippen molar-refractivity contribution in [3.8, 4) is 0 Å². The maximum Gasteiger partial charge on any atom is 0.188 e. The number of hydrogen-bond donors (Lipinski definition) is 2. The van der Waals surface area contributed by atoms with E-state index in [-0.39, 0.29) is 0 Å². The predicted octanol–water partition coefficient (Wildman–Crippen LogP) is 3.56. The molecular formula is C13H18N4S. The molecule has 1 aromatic heterocycles. The lowest BCUT2D eigenvalue weighted by atomic mass is 10.1. The Morgan fingerprint density at radius 1 is 1.22 bits per heavy atom. The first-order valence-corrected chi connectivity index (χ1v) is 7.03. The Balaban J connectivity index is 1.97. The third-order valence-corrected chi connectivity index (χ3v) is 3.72. The molecule has 0 bridgehead atoms. The molecule has 0 saturated carbocycles. The molecule has 2 N–H and O–H groups in total. The first-order valence-electron chi connectivity index (χ1n) is 6.21. The van der Waals surface area contributed by atoms with Gasteiger partial charge in [-0.15, -0.1) is 0 Å². The van der Waals surface area contributed by atoms with Crippen molar-refractivity contribution in [2.45, 2.75) is 42.8 Å². The summed E-state index contributed by atoms with van der Waals surface area (Å²) in [6, 6.07) is 8.96. The molecule has 0 atom stereocenters. The van der Waals surface area contributed by atoms with E-state index in [9.17, 15) is 0 Å². The van der Waals surface area contributed by atoms with E-state index in [1.807, 2.05) is 0 Å². The van der Waals surface area contributed by atoms with Gasteiger partial charge in [-0.1, -0.05) is 25.6 Å². The van der Waals surface area contributed by atoms with Gasteiger partial charge in [0, 0.05) is 16.6 Å². The first kappa shape index (κ1) is 13.0. The van der Waals surface area contributed by atoms with Crippen molar-refractivity contribution < 1.29 is 0 Å². The molecule has 2 rings (SSSR count). The Morgan fingerprint density at radius 2 is 1.94 bits per heavy atom. The SMILES string of the molecule is CCC(CC)Nc1ccc(Sc2ncn[nH]2)cc1. The normalized spacial score (nSPS) is 10.8. The summed E-state index contributed by atoms with van der Waals surface area (Å²) in [4.78, 5) is 5.24. The van der Waals surface area contributed by atoms with E-state index in [1.54, 1.807) is 11.8 Å². The standard InChI is InChI=1S/C13H18N4S/c1-3-10(4-2)16-11-5-7-12(8-6-11)18-13-14-9-15-17-13/h5-10,16H,3-4H2,1-2H3,(H,14,15,17). The molecule has 2 aromatic rings. The highest BCUT2D eigenvalue weighted by Crippen LogP contribution is 2.25. The Kier molecular flexibility index (Phi) is 4.64. The topological polar surface area (TPSA) is 53.6 Å². The van der Waals surface area contributed by atoms with Gasteiger partial charge in [-0.05, 0) is 37.1 Å². The maximum absolute atomic E-state index is 4.09. The van der Waals surface area contributed by atoms with Gasteiger partial charge in [0.1, 0.15) is 6.33 Å². The molecule has 5 heteroatoms. The van der Waals surface area contributed by atoms with Crippen LogP contribution in [0.5, 0.6) is 0 Å². The van der Waals surface area contributed by atoms with Crippen molar-refractivity contribution >= 4 is 17.4 Å². The van der Waals surface area contributed by atoms with Crippen LogP contribution < -0.4 is 5.32 Å². The second-order valence-electron chi connectivity index (χ2n) is 4.07. The minimum absolute atomic E-state index is 0.553. The van der Waals surface area contributed by atoms with Gasteiger partial charge in [0.05, 0.1) is 0 Å². The number of anilines is 1. The molecule has 0 fully saturated rings. The number of nitrogens with zero attached hydrogens (tertiary/aromatic N) is 2. The number of aromatic amines is 1. The van der Waals surface area contributed by atoms with Gasteiger partial charge in [-0.3, -0.25) is 5.10 Å². The largest absolute Gasteiger partial charge is 0.382 e. The van der Waals surface area contributed by atoms with Crippen LogP contribution >= 0.6 is 11.8 Å². The summed E-state index contributed by atoms with van der Waals surface area (Å²) in [7, 11) is 0. The van der Waals surface area contributed by atoms with Crippen molar-refractivity contribution in [1.29, 1.82) is 0 Å². The van der Waals surface area contributed by atoms with Crippen molar-refractivity contribution in [3.05, 3.63) is 30.6 Å². The van der Waals surface area contributed by atoms with Crippen molar-refractivity contribution in [1.82, 2.24) is 15.2 Å². The summed E-state index contributed by atoms with van der Waals surface area (Å²) in [5.41, 5.74) is 1.17. The summed E-state index contributed by atoms with van der Waals surface area (Å²) >= 11 is 1.58. The van der Waals surface area contributed by atoms with Gasteiger partial charge in [0.15, 0.2) is 5.16 Å². The molecule has 0 spiro atoms. The number of aromatic nitrogens is 3. The van der Waals surface area contributed by atoms with Crippen molar-refractivity contribution in [3.63, 3.8) is 0 Å². The molecule has 0 aliphatic rings. The Hall–Kier alpha value is -1.49. The molecule has 1 aromatic carbocycles. The monoisotopic (exact) mass is 262 g/mol. The van der Waals surface area contributed by atoms with Crippen LogP contribution in [0.25, 0.3) is 0 Å². The Morgan fingerprint density at radius 3 is 2.50 bits per heavy atom. The van der Waals surface area contributed by atoms with E-state index in [0.29, 0.717) is 6.04 Å². The lowest BCUT2D eigenvalue weighted by Gasteiger charge is -2.16. The number of benzene rings is 1. The van der Waals surface area contributed by atoms with Crippen LogP contribution in [-0.2, 0) is 0 Å². The molecule has 0 radical (unpaired) electrons. The molecule has 0 amide bonds. The second-order valence-corrected chi connectivity index (χ2v) is 5.14. The highest BCUT2D eigenvalue weighted by Gasteiger charge is 2.04. The fourth-order valence-electron chi connectivity index (χ4n) is 1.70. The highest BCUT2D eigenvalue weighted by atomic mass is 32.2. The minimum Gasteiger partial charge on any atom is -0.382 e. The van der Waals surface area contributed by atoms with Crippen molar-refractivity contribution in [2.24, 2.45) is 0 Å². The quantitative estimate of drug-likeness (QED) is 0.836. The Labute approximate surface area is 112 Å². The molecule has 0 unspecified atom stereocenters. The molecule has 18 heavy (non-hydrogen) atoms. The van der Waals surface area contributed by atoms with Crippen LogP contribution in [0.2, 0.25) is 0 Å². The van der Waals surface area contributed by atoms with Gasteiger partial charge in [0.25, 0.3) is 0 Å². The molecule has 0 aliphatic heterocycles. The maximum atomic E-state index is 4.09. The Bertz CT molecular complexity index is 448. The van der Waals surface area contributed by atoms with Gasteiger partial charge < -0.3 is 5.32 Å². The first-order chi connectivity index (χ1) is 8.81. The van der Waals surface area contributed by atoms with Crippen LogP contribution in [0.1, 0.15) is 26.7 Å². The molecule has 96 valence electrons. The smallest absolute Gasteiger partial charge is 0.188 e. The predicted molar refractivity (Wildman–Crippen MR) is 74.9 cm³/mol. The molecule has 4 nitrogen and oxygen atoms in total. The zero-order valence-electron chi connectivity index (χ0n) is 10.7. The average Bonchev–Trinajstić information content (AvgIpc) is 2.91. The van der Waals surface area contributed by atoms with Crippen molar-refractivity contribution in [2.75, 3.05) is 5.32 Å². The number of nitrogens with one attached hydrogen (secondary N) is 2. The molecule has 0 aliphatic carbocycles.